The summed E-state index contributed by atoms with van der Waals surface area (Å²) >= 11 is 0. The molecular weight excluding hydrogens is 1240 g/mol. The molecule has 0 saturated heterocycles. The minimum Gasteiger partial charge on any atom is -0.480 e. The lowest BCUT2D eigenvalue weighted by Crippen LogP contribution is -2.60. The van der Waals surface area contributed by atoms with Crippen LogP contribution in [-0.4, -0.2) is 181 Å². The third kappa shape index (κ3) is 35.6. The first-order chi connectivity index (χ1) is 45.4. The van der Waals surface area contributed by atoms with Crippen molar-refractivity contribution in [2.75, 3.05) is 32.7 Å². The highest BCUT2D eigenvalue weighted by Gasteiger charge is 2.36. The highest BCUT2D eigenvalue weighted by molar-refractivity contribution is 5.99. The van der Waals surface area contributed by atoms with Crippen molar-refractivity contribution in [3.63, 3.8) is 0 Å². The second-order valence-electron chi connectivity index (χ2n) is 26.1. The summed E-state index contributed by atoms with van der Waals surface area (Å²) < 4.78 is 0. The third-order valence-electron chi connectivity index (χ3n) is 15.8. The summed E-state index contributed by atoms with van der Waals surface area (Å²) in [7, 11) is 0. The molecule has 96 heavy (non-hydrogen) atoms. The van der Waals surface area contributed by atoms with Crippen molar-refractivity contribution in [3.05, 3.63) is 35.9 Å². The Balaban J connectivity index is 3.36. The number of unbranched alkanes of at least 4 members (excludes halogenated alkanes) is 5. The molecule has 0 fully saturated rings. The highest BCUT2D eigenvalue weighted by Crippen LogP contribution is 2.14. The van der Waals surface area contributed by atoms with Gasteiger partial charge in [-0.25, -0.2) is 4.79 Å². The van der Waals surface area contributed by atoms with Gasteiger partial charge in [0.15, 0.2) is 0 Å². The van der Waals surface area contributed by atoms with Crippen molar-refractivity contribution in [3.8, 4) is 0 Å². The molecule has 0 unspecified atom stereocenters. The van der Waals surface area contributed by atoms with Crippen molar-refractivity contribution in [2.45, 2.75) is 257 Å². The average molecular weight is 1360 g/mol. The second kappa shape index (κ2) is 48.3. The van der Waals surface area contributed by atoms with Crippen LogP contribution >= 0.6 is 0 Å². The molecule has 546 valence electrons. The molecule has 0 aromatic heterocycles. The van der Waals surface area contributed by atoms with Gasteiger partial charge in [-0.05, 0) is 199 Å². The lowest BCUT2D eigenvalue weighted by atomic mass is 10.0. The zero-order valence-electron chi connectivity index (χ0n) is 58.3. The number of rotatable bonds is 51. The van der Waals surface area contributed by atoms with E-state index in [1.807, 2.05) is 71.9 Å². The smallest absolute Gasteiger partial charge is 0.326 e. The van der Waals surface area contributed by atoms with Crippen LogP contribution in [0.25, 0.3) is 0 Å². The van der Waals surface area contributed by atoms with Crippen LogP contribution < -0.4 is 92.9 Å². The second-order valence-corrected chi connectivity index (χ2v) is 26.1. The average Bonchev–Trinajstić information content (AvgIpc) is 1.11. The molecule has 0 spiro atoms. The number of carbonyl (C=O) groups excluding carboxylic acids is 11. The number of carboxylic acids is 1. The molecule has 0 bridgehead atoms. The van der Waals surface area contributed by atoms with Gasteiger partial charge in [-0.15, -0.1) is 0 Å². The van der Waals surface area contributed by atoms with Gasteiger partial charge in [0, 0.05) is 0 Å². The fourth-order valence-electron chi connectivity index (χ4n) is 10.3. The van der Waals surface area contributed by atoms with Crippen LogP contribution in [0.1, 0.15) is 183 Å². The van der Waals surface area contributed by atoms with Crippen LogP contribution in [-0.2, 0) is 64.0 Å². The molecule has 24 N–H and O–H groups in total. The highest BCUT2D eigenvalue weighted by atomic mass is 16.4. The first-order valence-corrected chi connectivity index (χ1v) is 34.3. The monoisotopic (exact) mass is 1360 g/mol. The SMILES string of the molecule is CC(C)C[C@H](NC(=O)[C@H](CCCCN)NC(=O)[C@H](CCCCN)NC(=O)[C@H](CC(C)C)NC(=O)[C@H](C)NC(=O)[C@H](CCCCN)NC(=O)[C@H](CC(C)C)NC(=O)[C@H](C)NC(=O)[C@H](CCCCN)NC(=O)[C@H](CCCCN)NC(=O)[C@H](C)NC(=O)[C@@H](N)Cc1ccccc1)C(=O)O. The number of carboxylic acid groups (broad SMARTS) is 1. The van der Waals surface area contributed by atoms with Gasteiger partial charge in [0.2, 0.25) is 65.0 Å². The number of aliphatic carboxylic acids is 1. The topological polar surface area (TPSA) is 514 Å². The zero-order chi connectivity index (χ0) is 72.5. The van der Waals surface area contributed by atoms with E-state index in [2.05, 4.69) is 58.5 Å². The number of carbonyl (C=O) groups is 12. The molecule has 0 aliphatic rings. The summed E-state index contributed by atoms with van der Waals surface area (Å²) in [5.41, 5.74) is 35.8. The Kier molecular flexibility index (Phi) is 43.6. The van der Waals surface area contributed by atoms with Crippen LogP contribution in [0.15, 0.2) is 30.3 Å². The predicted octanol–water partition coefficient (Wildman–Crippen LogP) is -1.18. The summed E-state index contributed by atoms with van der Waals surface area (Å²) in [6.45, 7) is 16.5. The molecular formula is C66H119N17O13. The summed E-state index contributed by atoms with van der Waals surface area (Å²) in [5, 5.41) is 39.2. The van der Waals surface area contributed by atoms with Crippen molar-refractivity contribution in [1.29, 1.82) is 0 Å². The molecule has 12 atom stereocenters. The molecule has 0 saturated carbocycles. The third-order valence-corrected chi connectivity index (χ3v) is 15.8. The van der Waals surface area contributed by atoms with Gasteiger partial charge in [-0.3, -0.25) is 52.7 Å². The molecule has 0 aliphatic carbocycles. The van der Waals surface area contributed by atoms with Crippen molar-refractivity contribution >= 4 is 70.9 Å². The van der Waals surface area contributed by atoms with Crippen molar-refractivity contribution in [2.24, 2.45) is 52.2 Å². The quantitative estimate of drug-likeness (QED) is 0.0341. The standard InChI is InChI=1S/C66H119N17O13/c1-39(2)35-52(81-56(85)43(8)74-59(88)47(25-13-18-30-67)77-61(90)49(27-15-20-32-69)76-55(84)42(7)73-58(87)46(72)38-45-23-11-10-12-24-45)64(93)79-48(26-14-19-31-68)60(89)75-44(9)57(86)82-53(36-40(3)4)65(94)80-50(28-16-21-33-70)62(91)78-51(29-17-22-34-71)63(92)83-54(66(95)96)37-41(5)6/h10-12,23-24,39-44,46-54H,13-22,25-38,67-72H2,1-9H3,(H,73,87)(H,74,88)(H,75,89)(H,76,84)(H,77,90)(H,78,91)(H,79,93)(H,80,94)(H,81,85)(H,82,86)(H,83,92)(H,95,96)/t42-,43-,44-,46-,47-,48-,49-,50-,51-,52-,53-,54-/m0/s1. The number of hydrogen-bond acceptors (Lipinski definition) is 18. The number of nitrogens with one attached hydrogen (secondary N) is 11. The fraction of sp³-hybridized carbons (Fsp3) is 0.727. The largest absolute Gasteiger partial charge is 0.480 e. The molecule has 1 rings (SSSR count). The lowest BCUT2D eigenvalue weighted by Gasteiger charge is -2.28. The minimum atomic E-state index is -1.30. The van der Waals surface area contributed by atoms with E-state index in [1.54, 1.807) is 0 Å². The molecule has 30 heteroatoms. The number of benzene rings is 1. The number of nitrogens with two attached hydrogens (primary N) is 6. The van der Waals surface area contributed by atoms with Gasteiger partial charge < -0.3 is 98.0 Å². The van der Waals surface area contributed by atoms with E-state index in [-0.39, 0.29) is 95.2 Å². The maximum Gasteiger partial charge on any atom is 0.326 e. The van der Waals surface area contributed by atoms with E-state index in [1.165, 1.54) is 20.8 Å². The normalized spacial score (nSPS) is 15.1. The minimum absolute atomic E-state index is 0.0613. The Labute approximate surface area is 567 Å². The van der Waals surface area contributed by atoms with E-state index in [0.29, 0.717) is 77.3 Å². The summed E-state index contributed by atoms with van der Waals surface area (Å²) in [6, 6.07) is -5.26. The maximum absolute atomic E-state index is 14.3. The Hall–Kier alpha value is -7.38. The van der Waals surface area contributed by atoms with Crippen molar-refractivity contribution < 1.29 is 62.6 Å². The van der Waals surface area contributed by atoms with Crippen LogP contribution in [0.2, 0.25) is 0 Å². The predicted molar refractivity (Wildman–Crippen MR) is 367 cm³/mol. The van der Waals surface area contributed by atoms with Gasteiger partial charge in [0.1, 0.15) is 66.5 Å². The van der Waals surface area contributed by atoms with E-state index in [9.17, 15) is 62.6 Å². The first kappa shape index (κ1) is 86.6. The van der Waals surface area contributed by atoms with E-state index in [4.69, 9.17) is 34.4 Å². The van der Waals surface area contributed by atoms with E-state index < -0.39 is 143 Å². The van der Waals surface area contributed by atoms with Crippen molar-refractivity contribution in [1.82, 2.24) is 58.5 Å². The Morgan fingerprint density at radius 2 is 0.542 bits per heavy atom. The van der Waals surface area contributed by atoms with Crippen LogP contribution in [0.3, 0.4) is 0 Å². The maximum atomic E-state index is 14.3. The van der Waals surface area contributed by atoms with Crippen LogP contribution in [0.4, 0.5) is 0 Å². The Morgan fingerprint density at radius 3 is 0.812 bits per heavy atom. The van der Waals surface area contributed by atoms with E-state index >= 15 is 0 Å². The first-order valence-electron chi connectivity index (χ1n) is 34.3. The fourth-order valence-corrected chi connectivity index (χ4v) is 10.3. The summed E-state index contributed by atoms with van der Waals surface area (Å²) in [5.74, 6) is -9.64. The van der Waals surface area contributed by atoms with Gasteiger partial charge in [0.05, 0.1) is 6.04 Å². The summed E-state index contributed by atoms with van der Waals surface area (Å²) in [4.78, 5) is 165. The molecule has 1 aromatic carbocycles. The van der Waals surface area contributed by atoms with Gasteiger partial charge in [-0.2, -0.15) is 0 Å². The van der Waals surface area contributed by atoms with Gasteiger partial charge in [0.25, 0.3) is 0 Å². The molecule has 0 radical (unpaired) electrons. The van der Waals surface area contributed by atoms with Gasteiger partial charge in [-0.1, -0.05) is 71.9 Å². The van der Waals surface area contributed by atoms with Crippen LogP contribution in [0.5, 0.6) is 0 Å². The molecule has 11 amide bonds. The van der Waals surface area contributed by atoms with Gasteiger partial charge >= 0.3 is 5.97 Å². The molecule has 0 aliphatic heterocycles. The van der Waals surface area contributed by atoms with Crippen LogP contribution in [0, 0.1) is 17.8 Å². The number of amides is 11. The summed E-state index contributed by atoms with van der Waals surface area (Å²) in [6.07, 6.45) is 5.51. The molecule has 30 nitrogen and oxygen atoms in total. The molecule has 0 heterocycles. The zero-order valence-corrected chi connectivity index (χ0v) is 58.3. The van der Waals surface area contributed by atoms with E-state index in [0.717, 1.165) is 5.56 Å². The molecule has 1 aromatic rings. The Morgan fingerprint density at radius 1 is 0.312 bits per heavy atom. The lowest BCUT2D eigenvalue weighted by molar-refractivity contribution is -0.143. The number of hydrogen-bond donors (Lipinski definition) is 18. The Bertz CT molecular complexity index is 2570.